The molecule has 0 unspecified atom stereocenters. The molecule has 0 fully saturated rings. The van der Waals surface area contributed by atoms with Crippen molar-refractivity contribution in [2.45, 2.75) is 6.54 Å². The smallest absolute Gasteiger partial charge is 0.145 e. The van der Waals surface area contributed by atoms with Crippen molar-refractivity contribution in [3.8, 4) is 11.1 Å². The van der Waals surface area contributed by atoms with Crippen LogP contribution in [0.2, 0.25) is 10.3 Å². The molecule has 0 bridgehead atoms. The van der Waals surface area contributed by atoms with Crippen LogP contribution in [0.25, 0.3) is 11.1 Å². The van der Waals surface area contributed by atoms with Crippen molar-refractivity contribution >= 4 is 23.2 Å². The number of rotatable bonds is 3. The third kappa shape index (κ3) is 3.41. The van der Waals surface area contributed by atoms with Crippen LogP contribution in [0.15, 0.2) is 24.3 Å². The van der Waals surface area contributed by atoms with Crippen LogP contribution in [-0.4, -0.2) is 29.0 Å². The average Bonchev–Trinajstić information content (AvgIpc) is 2.26. The Morgan fingerprint density at radius 2 is 1.79 bits per heavy atom. The molecule has 0 amide bonds. The van der Waals surface area contributed by atoms with E-state index in [0.717, 1.165) is 0 Å². The Labute approximate surface area is 121 Å². The molecule has 0 saturated heterocycles. The molecule has 3 nitrogen and oxygen atoms in total. The molecule has 1 aromatic carbocycles. The van der Waals surface area contributed by atoms with Gasteiger partial charge >= 0.3 is 0 Å². The topological polar surface area (TPSA) is 29.0 Å². The van der Waals surface area contributed by atoms with E-state index in [1.165, 1.54) is 12.1 Å². The van der Waals surface area contributed by atoms with Gasteiger partial charge in [0.25, 0.3) is 0 Å². The summed E-state index contributed by atoms with van der Waals surface area (Å²) in [6, 6.07) is 6.00. The Balaban J connectivity index is 2.47. The third-order valence-corrected chi connectivity index (χ3v) is 2.98. The van der Waals surface area contributed by atoms with Crippen molar-refractivity contribution in [2.24, 2.45) is 0 Å². The maximum absolute atomic E-state index is 13.2. The molecule has 1 heterocycles. The number of aromatic nitrogens is 2. The van der Waals surface area contributed by atoms with Crippen LogP contribution < -0.4 is 0 Å². The van der Waals surface area contributed by atoms with Crippen molar-refractivity contribution in [1.82, 2.24) is 14.9 Å². The first-order valence-corrected chi connectivity index (χ1v) is 6.35. The Kier molecular flexibility index (Phi) is 4.34. The van der Waals surface area contributed by atoms with Gasteiger partial charge in [-0.1, -0.05) is 35.3 Å². The van der Waals surface area contributed by atoms with Crippen molar-refractivity contribution in [3.05, 3.63) is 46.2 Å². The molecule has 0 radical (unpaired) electrons. The summed E-state index contributed by atoms with van der Waals surface area (Å²) in [6.45, 7) is 0.531. The number of nitrogens with zero attached hydrogens (tertiary/aromatic N) is 3. The average molecular weight is 300 g/mol. The highest BCUT2D eigenvalue weighted by molar-refractivity contribution is 6.37. The van der Waals surface area contributed by atoms with Crippen molar-refractivity contribution in [2.75, 3.05) is 14.1 Å². The molecule has 0 aliphatic rings. The molecule has 0 spiro atoms. The largest absolute Gasteiger partial charge is 0.302 e. The normalized spacial score (nSPS) is 11.1. The fourth-order valence-electron chi connectivity index (χ4n) is 1.68. The van der Waals surface area contributed by atoms with Gasteiger partial charge in [-0.3, -0.25) is 0 Å². The molecule has 2 rings (SSSR count). The van der Waals surface area contributed by atoms with E-state index in [1.54, 1.807) is 12.1 Å². The first-order valence-electron chi connectivity index (χ1n) is 5.60. The van der Waals surface area contributed by atoms with Crippen LogP contribution in [0.5, 0.6) is 0 Å². The first-order chi connectivity index (χ1) is 8.97. The lowest BCUT2D eigenvalue weighted by Crippen LogP contribution is -2.13. The molecule has 100 valence electrons. The summed E-state index contributed by atoms with van der Waals surface area (Å²) < 4.78 is 13.2. The Morgan fingerprint density at radius 3 is 2.32 bits per heavy atom. The minimum absolute atomic E-state index is 0.224. The highest BCUT2D eigenvalue weighted by Gasteiger charge is 2.14. The Bertz CT molecular complexity index is 579. The number of halogens is 3. The molecule has 6 heteroatoms. The fraction of sp³-hybridized carbons (Fsp3) is 0.231. The lowest BCUT2D eigenvalue weighted by Gasteiger charge is -2.11. The lowest BCUT2D eigenvalue weighted by atomic mass is 10.1. The van der Waals surface area contributed by atoms with E-state index in [4.69, 9.17) is 23.2 Å². The zero-order valence-electron chi connectivity index (χ0n) is 10.5. The van der Waals surface area contributed by atoms with Gasteiger partial charge in [-0.25, -0.2) is 14.4 Å². The quantitative estimate of drug-likeness (QED) is 0.810. The van der Waals surface area contributed by atoms with Gasteiger partial charge in [0.1, 0.15) is 21.9 Å². The minimum atomic E-state index is -0.359. The minimum Gasteiger partial charge on any atom is -0.302 e. The third-order valence-electron chi connectivity index (χ3n) is 2.44. The highest BCUT2D eigenvalue weighted by Crippen LogP contribution is 2.32. The summed E-state index contributed by atoms with van der Waals surface area (Å²) in [6.07, 6.45) is 0. The summed E-state index contributed by atoms with van der Waals surface area (Å²) in [5.74, 6) is 0.169. The van der Waals surface area contributed by atoms with Gasteiger partial charge in [0.2, 0.25) is 0 Å². The zero-order valence-corrected chi connectivity index (χ0v) is 12.0. The van der Waals surface area contributed by atoms with Crippen LogP contribution in [0.3, 0.4) is 0 Å². The lowest BCUT2D eigenvalue weighted by molar-refractivity contribution is 0.390. The van der Waals surface area contributed by atoms with Crippen LogP contribution in [0, 0.1) is 5.82 Å². The van der Waals surface area contributed by atoms with E-state index < -0.39 is 0 Å². The van der Waals surface area contributed by atoms with E-state index in [1.807, 2.05) is 19.0 Å². The molecule has 19 heavy (non-hydrogen) atoms. The molecule has 1 aromatic heterocycles. The standard InChI is InChI=1S/C13H12Cl2FN3/c1-19(2)7-10-17-12(14)11(13(15)18-10)8-4-3-5-9(16)6-8/h3-6H,7H2,1-2H3. The molecule has 0 aliphatic heterocycles. The van der Waals surface area contributed by atoms with E-state index >= 15 is 0 Å². The van der Waals surface area contributed by atoms with E-state index in [0.29, 0.717) is 23.5 Å². The molecular formula is C13H12Cl2FN3. The molecule has 0 aliphatic carbocycles. The molecule has 0 atom stereocenters. The zero-order chi connectivity index (χ0) is 14.0. The second-order valence-electron chi connectivity index (χ2n) is 4.34. The first kappa shape index (κ1) is 14.2. The van der Waals surface area contributed by atoms with Crippen molar-refractivity contribution in [1.29, 1.82) is 0 Å². The Hall–Kier alpha value is -1.23. The predicted molar refractivity (Wildman–Crippen MR) is 74.8 cm³/mol. The van der Waals surface area contributed by atoms with Crippen LogP contribution in [0.1, 0.15) is 5.82 Å². The van der Waals surface area contributed by atoms with Gasteiger partial charge in [-0.05, 0) is 31.8 Å². The predicted octanol–water partition coefficient (Wildman–Crippen LogP) is 3.65. The summed E-state index contributed by atoms with van der Waals surface area (Å²) in [4.78, 5) is 10.3. The summed E-state index contributed by atoms with van der Waals surface area (Å²) >= 11 is 12.3. The van der Waals surface area contributed by atoms with Crippen LogP contribution >= 0.6 is 23.2 Å². The van der Waals surface area contributed by atoms with Crippen molar-refractivity contribution < 1.29 is 4.39 Å². The SMILES string of the molecule is CN(C)Cc1nc(Cl)c(-c2cccc(F)c2)c(Cl)n1. The molecule has 0 N–H and O–H groups in total. The Morgan fingerprint density at radius 1 is 1.16 bits per heavy atom. The number of hydrogen-bond acceptors (Lipinski definition) is 3. The second-order valence-corrected chi connectivity index (χ2v) is 5.06. The molecule has 0 saturated carbocycles. The molecular weight excluding hydrogens is 288 g/mol. The number of hydrogen-bond donors (Lipinski definition) is 0. The maximum atomic E-state index is 13.2. The summed E-state index contributed by atoms with van der Waals surface area (Å²) in [5, 5.41) is 0.449. The van der Waals surface area contributed by atoms with E-state index in [2.05, 4.69) is 9.97 Å². The van der Waals surface area contributed by atoms with E-state index in [-0.39, 0.29) is 16.1 Å². The highest BCUT2D eigenvalue weighted by atomic mass is 35.5. The van der Waals surface area contributed by atoms with E-state index in [9.17, 15) is 4.39 Å². The number of benzene rings is 1. The monoisotopic (exact) mass is 299 g/mol. The van der Waals surface area contributed by atoms with Gasteiger partial charge < -0.3 is 4.90 Å². The van der Waals surface area contributed by atoms with Gasteiger partial charge in [0.05, 0.1) is 12.1 Å². The van der Waals surface area contributed by atoms with Crippen LogP contribution in [-0.2, 0) is 6.54 Å². The summed E-state index contributed by atoms with van der Waals surface area (Å²) in [7, 11) is 3.79. The fourth-order valence-corrected chi connectivity index (χ4v) is 2.32. The van der Waals surface area contributed by atoms with Crippen molar-refractivity contribution in [3.63, 3.8) is 0 Å². The van der Waals surface area contributed by atoms with Gasteiger partial charge in [-0.15, -0.1) is 0 Å². The van der Waals surface area contributed by atoms with Crippen LogP contribution in [0.4, 0.5) is 4.39 Å². The van der Waals surface area contributed by atoms with Gasteiger partial charge in [-0.2, -0.15) is 0 Å². The molecule has 2 aromatic rings. The van der Waals surface area contributed by atoms with Gasteiger partial charge in [0.15, 0.2) is 0 Å². The maximum Gasteiger partial charge on any atom is 0.145 e. The van der Waals surface area contributed by atoms with Gasteiger partial charge in [0, 0.05) is 0 Å². The summed E-state index contributed by atoms with van der Waals surface area (Å²) in [5.41, 5.74) is 1.01. The second kappa shape index (κ2) is 5.82.